The van der Waals surface area contributed by atoms with Gasteiger partial charge in [0.05, 0.1) is 10.6 Å². The highest BCUT2D eigenvalue weighted by molar-refractivity contribution is 6.34. The first-order valence-corrected chi connectivity index (χ1v) is 10.0. The Bertz CT molecular complexity index is 912. The number of nitrogens with one attached hydrogen (secondary N) is 2. The van der Waals surface area contributed by atoms with Crippen LogP contribution in [0, 0.1) is 0 Å². The Morgan fingerprint density at radius 1 is 1.07 bits per heavy atom. The molecule has 1 fully saturated rings. The lowest BCUT2D eigenvalue weighted by Crippen LogP contribution is -2.47. The van der Waals surface area contributed by atoms with Crippen molar-refractivity contribution >= 4 is 35.0 Å². The second-order valence-corrected chi connectivity index (χ2v) is 7.74. The first-order chi connectivity index (χ1) is 13.9. The highest BCUT2D eigenvalue weighted by Crippen LogP contribution is 2.22. The van der Waals surface area contributed by atoms with Crippen molar-refractivity contribution < 1.29 is 14.4 Å². The van der Waals surface area contributed by atoms with Crippen LogP contribution in [-0.2, 0) is 4.79 Å². The highest BCUT2D eigenvalue weighted by Gasteiger charge is 2.34. The van der Waals surface area contributed by atoms with E-state index in [2.05, 4.69) is 10.6 Å². The van der Waals surface area contributed by atoms with Crippen LogP contribution in [0.15, 0.2) is 48.5 Å². The number of nitrogens with zero attached hydrogens (tertiary/aromatic N) is 1. The van der Waals surface area contributed by atoms with Crippen molar-refractivity contribution in [3.05, 3.63) is 64.7 Å². The Morgan fingerprint density at radius 2 is 1.76 bits per heavy atom. The Balaban J connectivity index is 1.68. The molecule has 0 saturated carbocycles. The highest BCUT2D eigenvalue weighted by atomic mass is 35.5. The van der Waals surface area contributed by atoms with Crippen LogP contribution in [0.4, 0.5) is 5.69 Å². The van der Waals surface area contributed by atoms with Gasteiger partial charge in [-0.05, 0) is 63.1 Å². The van der Waals surface area contributed by atoms with E-state index < -0.39 is 6.04 Å². The number of rotatable bonds is 5. The average molecular weight is 414 g/mol. The van der Waals surface area contributed by atoms with E-state index in [4.69, 9.17) is 11.6 Å². The molecule has 2 N–H and O–H groups in total. The number of hydrogen-bond donors (Lipinski definition) is 2. The standard InChI is InChI=1S/C22H24ClN3O3/c1-14(2)24-21(28)19-8-5-13-26(19)22(29)15-9-11-16(12-10-15)25-20(27)17-6-3-4-7-18(17)23/h3-4,6-7,9-12,14,19H,5,8,13H2,1-2H3,(H,24,28)(H,25,27). The van der Waals surface area contributed by atoms with Gasteiger partial charge in [0.15, 0.2) is 0 Å². The number of hydrogen-bond acceptors (Lipinski definition) is 3. The van der Waals surface area contributed by atoms with E-state index in [1.807, 2.05) is 13.8 Å². The van der Waals surface area contributed by atoms with Gasteiger partial charge in [0.2, 0.25) is 5.91 Å². The maximum absolute atomic E-state index is 12.9. The third-order valence-corrected chi connectivity index (χ3v) is 5.09. The van der Waals surface area contributed by atoms with Crippen molar-refractivity contribution in [2.24, 2.45) is 0 Å². The minimum Gasteiger partial charge on any atom is -0.352 e. The molecule has 0 bridgehead atoms. The van der Waals surface area contributed by atoms with Crippen molar-refractivity contribution in [2.75, 3.05) is 11.9 Å². The molecule has 0 aliphatic carbocycles. The lowest BCUT2D eigenvalue weighted by molar-refractivity contribution is -0.125. The Labute approximate surface area is 175 Å². The van der Waals surface area contributed by atoms with Gasteiger partial charge in [-0.25, -0.2) is 0 Å². The topological polar surface area (TPSA) is 78.5 Å². The number of likely N-dealkylation sites (tertiary alicyclic amines) is 1. The molecular formula is C22H24ClN3O3. The van der Waals surface area contributed by atoms with E-state index in [1.165, 1.54) is 0 Å². The molecular weight excluding hydrogens is 390 g/mol. The fraction of sp³-hybridized carbons (Fsp3) is 0.318. The maximum atomic E-state index is 12.9. The van der Waals surface area contributed by atoms with Crippen LogP contribution in [0.25, 0.3) is 0 Å². The maximum Gasteiger partial charge on any atom is 0.257 e. The second kappa shape index (κ2) is 9.09. The molecule has 3 amide bonds. The molecule has 1 saturated heterocycles. The molecule has 2 aromatic carbocycles. The normalized spacial score (nSPS) is 16.0. The predicted molar refractivity (Wildman–Crippen MR) is 113 cm³/mol. The predicted octanol–water partition coefficient (Wildman–Crippen LogP) is 3.72. The van der Waals surface area contributed by atoms with Gasteiger partial charge in [0.1, 0.15) is 6.04 Å². The molecule has 0 aromatic heterocycles. The van der Waals surface area contributed by atoms with Gasteiger partial charge in [-0.1, -0.05) is 23.7 Å². The van der Waals surface area contributed by atoms with Gasteiger partial charge in [-0.2, -0.15) is 0 Å². The molecule has 1 aliphatic rings. The van der Waals surface area contributed by atoms with Gasteiger partial charge in [-0.3, -0.25) is 14.4 Å². The molecule has 7 heteroatoms. The summed E-state index contributed by atoms with van der Waals surface area (Å²) in [7, 11) is 0. The van der Waals surface area contributed by atoms with Gasteiger partial charge >= 0.3 is 0 Å². The average Bonchev–Trinajstić information content (AvgIpc) is 3.18. The van der Waals surface area contributed by atoms with Gasteiger partial charge in [-0.15, -0.1) is 0 Å². The summed E-state index contributed by atoms with van der Waals surface area (Å²) in [6.45, 7) is 4.35. The summed E-state index contributed by atoms with van der Waals surface area (Å²) < 4.78 is 0. The van der Waals surface area contributed by atoms with Crippen LogP contribution in [0.1, 0.15) is 47.4 Å². The molecule has 29 heavy (non-hydrogen) atoms. The molecule has 0 spiro atoms. The lowest BCUT2D eigenvalue weighted by Gasteiger charge is -2.25. The molecule has 1 atom stereocenters. The summed E-state index contributed by atoms with van der Waals surface area (Å²) in [6.07, 6.45) is 1.46. The molecule has 1 aliphatic heterocycles. The third-order valence-electron chi connectivity index (χ3n) is 4.76. The van der Waals surface area contributed by atoms with E-state index >= 15 is 0 Å². The molecule has 0 radical (unpaired) electrons. The van der Waals surface area contributed by atoms with E-state index in [1.54, 1.807) is 53.4 Å². The van der Waals surface area contributed by atoms with Crippen LogP contribution in [0.5, 0.6) is 0 Å². The SMILES string of the molecule is CC(C)NC(=O)C1CCCN1C(=O)c1ccc(NC(=O)c2ccccc2Cl)cc1. The second-order valence-electron chi connectivity index (χ2n) is 7.33. The van der Waals surface area contributed by atoms with Crippen LogP contribution >= 0.6 is 11.6 Å². The summed E-state index contributed by atoms with van der Waals surface area (Å²) in [5.74, 6) is -0.621. The first kappa shape index (κ1) is 20.9. The number of carbonyl (C=O) groups excluding carboxylic acids is 3. The van der Waals surface area contributed by atoms with Crippen molar-refractivity contribution in [2.45, 2.75) is 38.8 Å². The largest absolute Gasteiger partial charge is 0.352 e. The van der Waals surface area contributed by atoms with Crippen molar-refractivity contribution in [1.29, 1.82) is 0 Å². The van der Waals surface area contributed by atoms with Crippen molar-refractivity contribution in [3.63, 3.8) is 0 Å². The minimum atomic E-state index is -0.440. The fourth-order valence-electron chi connectivity index (χ4n) is 3.37. The number of benzene rings is 2. The summed E-state index contributed by atoms with van der Waals surface area (Å²) >= 11 is 6.05. The zero-order valence-electron chi connectivity index (χ0n) is 16.4. The Morgan fingerprint density at radius 3 is 2.41 bits per heavy atom. The third kappa shape index (κ3) is 4.95. The van der Waals surface area contributed by atoms with Crippen LogP contribution < -0.4 is 10.6 Å². The van der Waals surface area contributed by atoms with E-state index in [9.17, 15) is 14.4 Å². The Hall–Kier alpha value is -2.86. The number of anilines is 1. The minimum absolute atomic E-state index is 0.0288. The zero-order valence-corrected chi connectivity index (χ0v) is 17.2. The summed E-state index contributed by atoms with van der Waals surface area (Å²) in [5, 5.41) is 6.02. The van der Waals surface area contributed by atoms with Gasteiger partial charge in [0, 0.05) is 23.8 Å². The number of amides is 3. The summed E-state index contributed by atoms with van der Waals surface area (Å²) in [5.41, 5.74) is 1.41. The quantitative estimate of drug-likeness (QED) is 0.784. The van der Waals surface area contributed by atoms with Crippen molar-refractivity contribution in [1.82, 2.24) is 10.2 Å². The van der Waals surface area contributed by atoms with Crippen LogP contribution in [0.2, 0.25) is 5.02 Å². The zero-order chi connectivity index (χ0) is 21.0. The van der Waals surface area contributed by atoms with Crippen LogP contribution in [-0.4, -0.2) is 41.2 Å². The summed E-state index contributed by atoms with van der Waals surface area (Å²) in [6, 6.07) is 13.0. The Kier molecular flexibility index (Phi) is 6.54. The molecule has 152 valence electrons. The first-order valence-electron chi connectivity index (χ1n) is 9.64. The van der Waals surface area contributed by atoms with Gasteiger partial charge < -0.3 is 15.5 Å². The van der Waals surface area contributed by atoms with E-state index in [0.29, 0.717) is 34.8 Å². The lowest BCUT2D eigenvalue weighted by atomic mass is 10.1. The number of carbonyl (C=O) groups is 3. The molecule has 1 unspecified atom stereocenters. The van der Waals surface area contributed by atoms with E-state index in [0.717, 1.165) is 6.42 Å². The number of halogens is 1. The summed E-state index contributed by atoms with van der Waals surface area (Å²) in [4.78, 5) is 39.2. The molecule has 6 nitrogen and oxygen atoms in total. The molecule has 2 aromatic rings. The fourth-order valence-corrected chi connectivity index (χ4v) is 3.59. The van der Waals surface area contributed by atoms with Crippen LogP contribution in [0.3, 0.4) is 0 Å². The molecule has 1 heterocycles. The molecule has 3 rings (SSSR count). The van der Waals surface area contributed by atoms with E-state index in [-0.39, 0.29) is 23.8 Å². The smallest absolute Gasteiger partial charge is 0.257 e. The monoisotopic (exact) mass is 413 g/mol. The van der Waals surface area contributed by atoms with Gasteiger partial charge in [0.25, 0.3) is 11.8 Å². The van der Waals surface area contributed by atoms with Crippen molar-refractivity contribution in [3.8, 4) is 0 Å².